The number of fused-ring (bicyclic) bond motifs is 4. The predicted octanol–water partition coefficient (Wildman–Crippen LogP) is 12.8. The maximum atomic E-state index is 3.34. The quantitative estimate of drug-likeness (QED) is 0.236. The molecule has 4 aliphatic carbocycles. The van der Waals surface area contributed by atoms with Gasteiger partial charge >= 0.3 is 28.4 Å². The Kier molecular flexibility index (Phi) is 16.6. The number of halogens is 2. The van der Waals surface area contributed by atoms with Crippen LogP contribution in [0.2, 0.25) is 0 Å². The van der Waals surface area contributed by atoms with Gasteiger partial charge in [-0.1, -0.05) is 147 Å². The molecule has 0 amide bonds. The van der Waals surface area contributed by atoms with Crippen molar-refractivity contribution >= 4 is 29.0 Å². The van der Waals surface area contributed by atoms with Crippen molar-refractivity contribution < 1.29 is 24.2 Å². The summed E-state index contributed by atoms with van der Waals surface area (Å²) in [5, 5.41) is 0. The van der Waals surface area contributed by atoms with Crippen molar-refractivity contribution in [2.75, 3.05) is 0 Å². The SMILES string of the molecule is CC1[C-]=CC(C(C)(C)C)=C1.C[C-]1C2=C3Cc4ccccc4C3CCC2(C)C(C)(C)C(C)(C)C1(C)C.Cl.Cl.[CH2]=[Zr].[CH3-].[c-]1ccccc1. The average Bonchev–Trinajstić information content (AvgIpc) is 3.58. The van der Waals surface area contributed by atoms with Crippen LogP contribution in [0.1, 0.15) is 113 Å². The maximum Gasteiger partial charge on any atom is -0.171 e. The molecule has 3 atom stereocenters. The van der Waals surface area contributed by atoms with Gasteiger partial charge in [0.2, 0.25) is 0 Å². The molecule has 1 fully saturated rings. The van der Waals surface area contributed by atoms with Gasteiger partial charge < -0.3 is 7.43 Å². The number of allylic oxidation sites excluding steroid dienone is 6. The molecule has 0 aliphatic heterocycles. The van der Waals surface area contributed by atoms with E-state index in [1.54, 1.807) is 28.2 Å². The van der Waals surface area contributed by atoms with Crippen LogP contribution in [0.15, 0.2) is 83.5 Å². The zero-order chi connectivity index (χ0) is 32.4. The molecular formula is C43H62Cl2Zr-4. The Morgan fingerprint density at radius 1 is 0.870 bits per heavy atom. The minimum atomic E-state index is 0. The van der Waals surface area contributed by atoms with E-state index < -0.39 is 0 Å². The van der Waals surface area contributed by atoms with Gasteiger partial charge in [0.15, 0.2) is 0 Å². The summed E-state index contributed by atoms with van der Waals surface area (Å²) in [5.41, 5.74) is 9.44. The van der Waals surface area contributed by atoms with Crippen LogP contribution in [0, 0.1) is 58.5 Å². The minimum absolute atomic E-state index is 0. The number of hydrogen-bond acceptors (Lipinski definition) is 0. The molecule has 2 aromatic rings. The molecule has 0 heterocycles. The van der Waals surface area contributed by atoms with E-state index in [0.29, 0.717) is 17.3 Å². The topological polar surface area (TPSA) is 0 Å². The van der Waals surface area contributed by atoms with Crippen LogP contribution in [0.5, 0.6) is 0 Å². The van der Waals surface area contributed by atoms with E-state index in [4.69, 9.17) is 0 Å². The van der Waals surface area contributed by atoms with Gasteiger partial charge in [0.05, 0.1) is 0 Å². The largest absolute Gasteiger partial charge is 0.358 e. The summed E-state index contributed by atoms with van der Waals surface area (Å²) in [7, 11) is 0. The van der Waals surface area contributed by atoms with Crippen LogP contribution in [0.25, 0.3) is 0 Å². The first-order valence-corrected chi connectivity index (χ1v) is 17.9. The minimum Gasteiger partial charge on any atom is -0.358 e. The van der Waals surface area contributed by atoms with E-state index in [0.717, 1.165) is 0 Å². The van der Waals surface area contributed by atoms with Gasteiger partial charge in [0, 0.05) is 0 Å². The van der Waals surface area contributed by atoms with Gasteiger partial charge in [-0.3, -0.25) is 6.08 Å². The number of benzene rings is 2. The summed E-state index contributed by atoms with van der Waals surface area (Å²) < 4.78 is 3.34. The normalized spacial score (nSPS) is 25.3. The Morgan fingerprint density at radius 3 is 1.87 bits per heavy atom. The van der Waals surface area contributed by atoms with E-state index in [1.165, 1.54) is 49.1 Å². The molecule has 0 bridgehead atoms. The molecule has 0 spiro atoms. The average molecular weight is 741 g/mol. The first kappa shape index (κ1) is 44.9. The molecule has 46 heavy (non-hydrogen) atoms. The third-order valence-electron chi connectivity index (χ3n) is 12.3. The Morgan fingerprint density at radius 2 is 1.43 bits per heavy atom. The molecule has 1 saturated carbocycles. The number of rotatable bonds is 0. The Hall–Kier alpha value is -1.14. The van der Waals surface area contributed by atoms with Crippen LogP contribution in [-0.2, 0) is 30.7 Å². The van der Waals surface area contributed by atoms with Crippen molar-refractivity contribution in [2.24, 2.45) is 33.0 Å². The molecule has 4 aliphatic rings. The van der Waals surface area contributed by atoms with Crippen molar-refractivity contribution in [1.29, 1.82) is 0 Å². The second kappa shape index (κ2) is 17.0. The first-order chi connectivity index (χ1) is 20.0. The summed E-state index contributed by atoms with van der Waals surface area (Å²) in [6, 6.07) is 21.7. The zero-order valence-electron chi connectivity index (χ0n) is 31.2. The molecule has 256 valence electrons. The summed E-state index contributed by atoms with van der Waals surface area (Å²) in [4.78, 5) is 0. The van der Waals surface area contributed by atoms with Crippen LogP contribution in [0.4, 0.5) is 0 Å². The van der Waals surface area contributed by atoms with Crippen molar-refractivity contribution in [3.8, 4) is 0 Å². The van der Waals surface area contributed by atoms with Crippen LogP contribution >= 0.6 is 24.8 Å². The molecule has 0 nitrogen and oxygen atoms in total. The third-order valence-corrected chi connectivity index (χ3v) is 12.3. The van der Waals surface area contributed by atoms with Crippen molar-refractivity contribution in [1.82, 2.24) is 0 Å². The van der Waals surface area contributed by atoms with Crippen molar-refractivity contribution in [3.05, 3.63) is 120 Å². The van der Waals surface area contributed by atoms with E-state index in [1.807, 2.05) is 30.3 Å². The molecule has 0 saturated heterocycles. The standard InChI is InChI=1S/C25H35.C10H15.C6H5.CH3.CH2.2ClH.Zr/c1-16-21-20-15-17-11-9-10-12-18(17)19(20)13-14-25(21,8)24(6,7)23(4,5)22(16,2)3;1-8-5-6-9(7-8)10(2,3)4;1-2-4-6-5-3-1;;;;;/h9-12,19H,13-15H2,1-8H3;6-8H,1-4H3;1-5H;1H3;1H2;2*1H;/q4*-1;;;;. The van der Waals surface area contributed by atoms with Gasteiger partial charge in [-0.25, -0.2) is 23.1 Å². The smallest absolute Gasteiger partial charge is 0.171 e. The third kappa shape index (κ3) is 8.17. The summed E-state index contributed by atoms with van der Waals surface area (Å²) in [6.45, 7) is 29.0. The van der Waals surface area contributed by atoms with Crippen molar-refractivity contribution in [3.63, 3.8) is 0 Å². The second-order valence-electron chi connectivity index (χ2n) is 15.7. The van der Waals surface area contributed by atoms with Gasteiger partial charge in [-0.2, -0.15) is 48.0 Å². The van der Waals surface area contributed by atoms with Gasteiger partial charge in [-0.15, -0.1) is 31.7 Å². The van der Waals surface area contributed by atoms with E-state index in [9.17, 15) is 0 Å². The molecule has 0 radical (unpaired) electrons. The fourth-order valence-corrected chi connectivity index (χ4v) is 7.98. The zero-order valence-corrected chi connectivity index (χ0v) is 35.2. The molecular weight excluding hydrogens is 679 g/mol. The Bertz CT molecular complexity index is 1310. The fraction of sp³-hybridized carbons (Fsp3) is 0.512. The molecule has 2 aromatic carbocycles. The van der Waals surface area contributed by atoms with Gasteiger partial charge in [0.1, 0.15) is 0 Å². The number of hydrogen-bond donors (Lipinski definition) is 0. The van der Waals surface area contributed by atoms with Crippen molar-refractivity contribution in [2.45, 2.75) is 108 Å². The Balaban J connectivity index is 0.000000803. The molecule has 0 N–H and O–H groups in total. The summed E-state index contributed by atoms with van der Waals surface area (Å²) in [5.74, 6) is 2.85. The fourth-order valence-electron chi connectivity index (χ4n) is 7.98. The first-order valence-electron chi connectivity index (χ1n) is 16.2. The monoisotopic (exact) mass is 738 g/mol. The van der Waals surface area contributed by atoms with E-state index >= 15 is 0 Å². The van der Waals surface area contributed by atoms with Gasteiger partial charge in [-0.05, 0) is 22.7 Å². The maximum absolute atomic E-state index is 3.34. The van der Waals surface area contributed by atoms with Gasteiger partial charge in [0.25, 0.3) is 0 Å². The second-order valence-corrected chi connectivity index (χ2v) is 15.7. The van der Waals surface area contributed by atoms with Crippen LogP contribution in [0.3, 0.4) is 0 Å². The molecule has 3 heteroatoms. The van der Waals surface area contributed by atoms with Crippen LogP contribution < -0.4 is 0 Å². The summed E-state index contributed by atoms with van der Waals surface area (Å²) >= 11 is 1.30. The molecule has 6 rings (SSSR count). The van der Waals surface area contributed by atoms with E-state index in [2.05, 4.69) is 136 Å². The molecule has 3 unspecified atom stereocenters. The summed E-state index contributed by atoms with van der Waals surface area (Å²) in [6.07, 6.45) is 11.5. The Labute approximate surface area is 312 Å². The van der Waals surface area contributed by atoms with E-state index in [-0.39, 0.29) is 53.9 Å². The predicted molar refractivity (Wildman–Crippen MR) is 205 cm³/mol. The van der Waals surface area contributed by atoms with Crippen LogP contribution in [-0.4, -0.2) is 4.21 Å². The molecule has 0 aromatic heterocycles.